The van der Waals surface area contributed by atoms with Gasteiger partial charge in [-0.25, -0.2) is 0 Å². The molecule has 1 heterocycles. The van der Waals surface area contributed by atoms with E-state index in [1.54, 1.807) is 6.20 Å². The number of pyridine rings is 1. The summed E-state index contributed by atoms with van der Waals surface area (Å²) < 4.78 is 1.03. The van der Waals surface area contributed by atoms with Crippen LogP contribution < -0.4 is 5.32 Å². The molecule has 3 nitrogen and oxygen atoms in total. The highest BCUT2D eigenvalue weighted by Crippen LogP contribution is 2.08. The number of hydrogen-bond acceptors (Lipinski definition) is 3. The highest BCUT2D eigenvalue weighted by molar-refractivity contribution is 9.10. The van der Waals surface area contributed by atoms with Crippen molar-refractivity contribution in [1.82, 2.24) is 15.2 Å². The number of rotatable bonds is 6. The fourth-order valence-electron chi connectivity index (χ4n) is 1.30. The third-order valence-electron chi connectivity index (χ3n) is 2.61. The molecular weight excluding hydrogens is 266 g/mol. The Morgan fingerprint density at radius 2 is 2.19 bits per heavy atom. The van der Waals surface area contributed by atoms with Gasteiger partial charge in [0, 0.05) is 42.5 Å². The van der Waals surface area contributed by atoms with Gasteiger partial charge in [0.25, 0.3) is 0 Å². The molecule has 1 rings (SSSR count). The van der Waals surface area contributed by atoms with Crippen molar-refractivity contribution in [2.75, 3.05) is 20.1 Å². The summed E-state index contributed by atoms with van der Waals surface area (Å²) in [5.74, 6) is 0. The Bertz CT molecular complexity index is 315. The molecule has 0 radical (unpaired) electrons. The second-order valence-electron chi connectivity index (χ2n) is 4.26. The van der Waals surface area contributed by atoms with Crippen molar-refractivity contribution in [1.29, 1.82) is 0 Å². The van der Waals surface area contributed by atoms with Crippen LogP contribution in [-0.4, -0.2) is 36.1 Å². The second-order valence-corrected chi connectivity index (χ2v) is 5.18. The summed E-state index contributed by atoms with van der Waals surface area (Å²) in [7, 11) is 2.15. The molecular formula is C12H20BrN3. The molecule has 1 N–H and O–H groups in total. The summed E-state index contributed by atoms with van der Waals surface area (Å²) in [5.41, 5.74) is 1.21. The van der Waals surface area contributed by atoms with E-state index in [2.05, 4.69) is 58.1 Å². The maximum Gasteiger partial charge on any atom is 0.0410 e. The number of nitrogens with zero attached hydrogens (tertiary/aromatic N) is 2. The maximum atomic E-state index is 4.13. The molecule has 1 aromatic heterocycles. The first-order valence-corrected chi connectivity index (χ1v) is 6.39. The lowest BCUT2D eigenvalue weighted by Crippen LogP contribution is -2.33. The van der Waals surface area contributed by atoms with Crippen molar-refractivity contribution >= 4 is 15.9 Å². The van der Waals surface area contributed by atoms with Crippen LogP contribution in [0.15, 0.2) is 22.9 Å². The maximum absolute atomic E-state index is 4.13. The van der Waals surface area contributed by atoms with Crippen molar-refractivity contribution in [2.45, 2.75) is 26.4 Å². The average Bonchev–Trinajstić information content (AvgIpc) is 2.24. The Labute approximate surface area is 106 Å². The van der Waals surface area contributed by atoms with Gasteiger partial charge in [-0.05, 0) is 48.5 Å². The zero-order valence-corrected chi connectivity index (χ0v) is 11.8. The molecule has 0 aromatic carbocycles. The molecule has 0 aliphatic rings. The van der Waals surface area contributed by atoms with Gasteiger partial charge in [-0.2, -0.15) is 0 Å². The molecule has 0 saturated heterocycles. The quantitative estimate of drug-likeness (QED) is 0.813. The van der Waals surface area contributed by atoms with Crippen LogP contribution in [0.4, 0.5) is 0 Å². The van der Waals surface area contributed by atoms with Gasteiger partial charge in [0.1, 0.15) is 0 Å². The molecule has 1 aromatic rings. The van der Waals surface area contributed by atoms with Gasteiger partial charge in [0.05, 0.1) is 0 Å². The molecule has 0 saturated carbocycles. The van der Waals surface area contributed by atoms with E-state index in [0.717, 1.165) is 24.1 Å². The van der Waals surface area contributed by atoms with E-state index in [1.165, 1.54) is 5.56 Å². The van der Waals surface area contributed by atoms with Crippen LogP contribution in [-0.2, 0) is 6.54 Å². The van der Waals surface area contributed by atoms with Crippen molar-refractivity contribution in [2.24, 2.45) is 0 Å². The molecule has 0 atom stereocenters. The van der Waals surface area contributed by atoms with E-state index in [1.807, 2.05) is 6.20 Å². The minimum Gasteiger partial charge on any atom is -0.311 e. The van der Waals surface area contributed by atoms with Crippen LogP contribution in [0.5, 0.6) is 0 Å². The summed E-state index contributed by atoms with van der Waals surface area (Å²) in [6, 6.07) is 2.70. The smallest absolute Gasteiger partial charge is 0.0410 e. The van der Waals surface area contributed by atoms with E-state index in [-0.39, 0.29) is 0 Å². The second kappa shape index (κ2) is 6.99. The molecule has 0 fully saturated rings. The van der Waals surface area contributed by atoms with Crippen LogP contribution in [0.2, 0.25) is 0 Å². The van der Waals surface area contributed by atoms with Crippen LogP contribution >= 0.6 is 15.9 Å². The molecule has 0 amide bonds. The largest absolute Gasteiger partial charge is 0.311 e. The van der Waals surface area contributed by atoms with Crippen molar-refractivity contribution in [3.8, 4) is 0 Å². The highest BCUT2D eigenvalue weighted by atomic mass is 79.9. The monoisotopic (exact) mass is 285 g/mol. The Balaban J connectivity index is 2.21. The van der Waals surface area contributed by atoms with Gasteiger partial charge in [-0.3, -0.25) is 4.98 Å². The number of aromatic nitrogens is 1. The predicted octanol–water partition coefficient (Wildman–Crippen LogP) is 2.27. The summed E-state index contributed by atoms with van der Waals surface area (Å²) in [4.78, 5) is 6.45. The molecule has 0 aliphatic carbocycles. The highest BCUT2D eigenvalue weighted by Gasteiger charge is 2.01. The lowest BCUT2D eigenvalue weighted by Gasteiger charge is -2.20. The van der Waals surface area contributed by atoms with Crippen molar-refractivity contribution in [3.63, 3.8) is 0 Å². The Hall–Kier alpha value is -0.450. The molecule has 90 valence electrons. The fourth-order valence-corrected chi connectivity index (χ4v) is 1.71. The van der Waals surface area contributed by atoms with Gasteiger partial charge in [0.2, 0.25) is 0 Å². The number of hydrogen-bond donors (Lipinski definition) is 1. The minimum absolute atomic E-state index is 0.606. The Morgan fingerprint density at radius 3 is 2.81 bits per heavy atom. The third kappa shape index (κ3) is 5.05. The van der Waals surface area contributed by atoms with Crippen LogP contribution in [0.3, 0.4) is 0 Å². The van der Waals surface area contributed by atoms with Crippen LogP contribution in [0.25, 0.3) is 0 Å². The molecule has 0 unspecified atom stereocenters. The Kier molecular flexibility index (Phi) is 5.95. The van der Waals surface area contributed by atoms with Gasteiger partial charge in [0.15, 0.2) is 0 Å². The summed E-state index contributed by atoms with van der Waals surface area (Å²) in [6.07, 6.45) is 3.69. The minimum atomic E-state index is 0.606. The fraction of sp³-hybridized carbons (Fsp3) is 0.583. The van der Waals surface area contributed by atoms with Gasteiger partial charge in [-0.1, -0.05) is 0 Å². The van der Waals surface area contributed by atoms with E-state index >= 15 is 0 Å². The lowest BCUT2D eigenvalue weighted by molar-refractivity contribution is 0.273. The topological polar surface area (TPSA) is 28.2 Å². The Morgan fingerprint density at radius 1 is 1.44 bits per heavy atom. The van der Waals surface area contributed by atoms with Crippen LogP contribution in [0.1, 0.15) is 19.4 Å². The molecule has 4 heteroatoms. The standard InChI is InChI=1S/C12H20BrN3/c1-10(2)16(3)5-4-14-7-11-6-12(13)9-15-8-11/h6,8-10,14H,4-5,7H2,1-3H3. The SMILES string of the molecule is CC(C)N(C)CCNCc1cncc(Br)c1. The van der Waals surface area contributed by atoms with Gasteiger partial charge in [-0.15, -0.1) is 0 Å². The van der Waals surface area contributed by atoms with E-state index in [9.17, 15) is 0 Å². The molecule has 16 heavy (non-hydrogen) atoms. The number of halogens is 1. The first kappa shape index (κ1) is 13.6. The van der Waals surface area contributed by atoms with E-state index in [0.29, 0.717) is 6.04 Å². The third-order valence-corrected chi connectivity index (χ3v) is 3.05. The van der Waals surface area contributed by atoms with Crippen molar-refractivity contribution in [3.05, 3.63) is 28.5 Å². The normalized spacial score (nSPS) is 11.4. The first-order chi connectivity index (χ1) is 7.59. The zero-order valence-electron chi connectivity index (χ0n) is 10.2. The molecule has 0 spiro atoms. The number of likely N-dealkylation sites (N-methyl/N-ethyl adjacent to an activating group) is 1. The molecule has 0 bridgehead atoms. The number of nitrogens with one attached hydrogen (secondary N) is 1. The zero-order chi connectivity index (χ0) is 12.0. The summed E-state index contributed by atoms with van der Waals surface area (Å²) >= 11 is 3.41. The summed E-state index contributed by atoms with van der Waals surface area (Å²) in [6.45, 7) is 7.36. The van der Waals surface area contributed by atoms with Gasteiger partial charge < -0.3 is 10.2 Å². The predicted molar refractivity (Wildman–Crippen MR) is 71.4 cm³/mol. The molecule has 0 aliphatic heterocycles. The van der Waals surface area contributed by atoms with Crippen molar-refractivity contribution < 1.29 is 0 Å². The lowest BCUT2D eigenvalue weighted by atomic mass is 10.3. The van der Waals surface area contributed by atoms with Crippen LogP contribution in [0, 0.1) is 0 Å². The summed E-state index contributed by atoms with van der Waals surface area (Å²) in [5, 5.41) is 3.41. The van der Waals surface area contributed by atoms with E-state index < -0.39 is 0 Å². The average molecular weight is 286 g/mol. The van der Waals surface area contributed by atoms with Gasteiger partial charge >= 0.3 is 0 Å². The first-order valence-electron chi connectivity index (χ1n) is 5.60. The van der Waals surface area contributed by atoms with E-state index in [4.69, 9.17) is 0 Å².